The van der Waals surface area contributed by atoms with Crippen LogP contribution in [-0.2, 0) is 6.18 Å². The zero-order valence-electron chi connectivity index (χ0n) is 10.7. The van der Waals surface area contributed by atoms with Gasteiger partial charge in [0.05, 0.1) is 5.56 Å². The highest BCUT2D eigenvalue weighted by Crippen LogP contribution is 2.36. The molecule has 1 aromatic carbocycles. The van der Waals surface area contributed by atoms with E-state index in [0.29, 0.717) is 32.2 Å². The molecule has 3 nitrogen and oxygen atoms in total. The highest BCUT2D eigenvalue weighted by atomic mass is 19.4. The number of nitrogens with zero attached hydrogens (tertiary/aromatic N) is 1. The number of benzene rings is 1. The highest BCUT2D eigenvalue weighted by Gasteiger charge is 2.35. The number of ether oxygens (including phenoxy) is 1. The van der Waals surface area contributed by atoms with Crippen LogP contribution in [0.15, 0.2) is 18.2 Å². The zero-order chi connectivity index (χ0) is 15.7. The van der Waals surface area contributed by atoms with Crippen molar-refractivity contribution in [3.63, 3.8) is 0 Å². The highest BCUT2D eigenvalue weighted by molar-refractivity contribution is 5.54. The fourth-order valence-electron chi connectivity index (χ4n) is 2.05. The third-order valence-electron chi connectivity index (χ3n) is 2.93. The molecule has 118 valence electrons. The maximum atomic E-state index is 12.8. The van der Waals surface area contributed by atoms with Crippen molar-refractivity contribution in [1.82, 2.24) is 5.32 Å². The predicted octanol–water partition coefficient (Wildman–Crippen LogP) is 3.01. The number of rotatable bonds is 2. The molecule has 0 radical (unpaired) electrons. The van der Waals surface area contributed by atoms with Gasteiger partial charge in [-0.25, -0.2) is 0 Å². The number of halogens is 6. The lowest BCUT2D eigenvalue weighted by Gasteiger charge is -2.30. The molecule has 0 aliphatic carbocycles. The van der Waals surface area contributed by atoms with E-state index >= 15 is 0 Å². The third kappa shape index (κ3) is 4.42. The second-order valence-electron chi connectivity index (χ2n) is 4.50. The first-order valence-corrected chi connectivity index (χ1v) is 6.09. The van der Waals surface area contributed by atoms with Gasteiger partial charge in [0.15, 0.2) is 0 Å². The van der Waals surface area contributed by atoms with E-state index in [1.807, 2.05) is 0 Å². The lowest BCUT2D eigenvalue weighted by molar-refractivity contribution is -0.274. The lowest BCUT2D eigenvalue weighted by Crippen LogP contribution is -2.43. The molecule has 0 unspecified atom stereocenters. The monoisotopic (exact) mass is 314 g/mol. The maximum Gasteiger partial charge on any atom is 0.573 e. The van der Waals surface area contributed by atoms with Gasteiger partial charge in [0.2, 0.25) is 0 Å². The van der Waals surface area contributed by atoms with Crippen molar-refractivity contribution in [3.8, 4) is 5.75 Å². The Labute approximate surface area is 116 Å². The van der Waals surface area contributed by atoms with E-state index in [4.69, 9.17) is 0 Å². The summed E-state index contributed by atoms with van der Waals surface area (Å²) < 4.78 is 78.6. The molecule has 0 bridgehead atoms. The quantitative estimate of drug-likeness (QED) is 0.849. The summed E-state index contributed by atoms with van der Waals surface area (Å²) in [5.41, 5.74) is -1.11. The van der Waals surface area contributed by atoms with Gasteiger partial charge in [-0.15, -0.1) is 13.2 Å². The Morgan fingerprint density at radius 3 is 2.10 bits per heavy atom. The van der Waals surface area contributed by atoms with Crippen molar-refractivity contribution in [3.05, 3.63) is 23.8 Å². The molecule has 0 atom stereocenters. The van der Waals surface area contributed by atoms with E-state index in [9.17, 15) is 26.3 Å². The fourth-order valence-corrected chi connectivity index (χ4v) is 2.05. The summed E-state index contributed by atoms with van der Waals surface area (Å²) in [6.45, 7) is 1.91. The van der Waals surface area contributed by atoms with Crippen LogP contribution in [0.4, 0.5) is 32.0 Å². The molecule has 1 aromatic rings. The molecule has 1 saturated heterocycles. The van der Waals surface area contributed by atoms with Gasteiger partial charge >= 0.3 is 12.5 Å². The third-order valence-corrected chi connectivity index (χ3v) is 2.93. The molecule has 0 saturated carbocycles. The Bertz CT molecular complexity index is 494. The van der Waals surface area contributed by atoms with Crippen LogP contribution in [0, 0.1) is 0 Å². The Balaban J connectivity index is 2.36. The number of piperazine rings is 1. The summed E-state index contributed by atoms with van der Waals surface area (Å²) in [6, 6.07) is 2.14. The van der Waals surface area contributed by atoms with Crippen molar-refractivity contribution >= 4 is 5.69 Å². The largest absolute Gasteiger partial charge is 0.573 e. The van der Waals surface area contributed by atoms with Crippen LogP contribution in [0.25, 0.3) is 0 Å². The topological polar surface area (TPSA) is 24.5 Å². The number of hydrogen-bond donors (Lipinski definition) is 1. The number of alkyl halides is 6. The number of nitrogens with one attached hydrogen (secondary N) is 1. The molecule has 1 aliphatic heterocycles. The standard InChI is InChI=1S/C12H12F6N2O/c13-11(14,15)8-5-9(20-3-1-19-2-4-20)7-10(6-8)21-12(16,17)18/h5-7,19H,1-4H2. The normalized spacial score (nSPS) is 17.0. The van der Waals surface area contributed by atoms with E-state index < -0.39 is 23.9 Å². The van der Waals surface area contributed by atoms with E-state index in [1.165, 1.54) is 0 Å². The molecular weight excluding hydrogens is 302 g/mol. The summed E-state index contributed by atoms with van der Waals surface area (Å²) in [6.07, 6.45) is -9.78. The molecule has 0 aromatic heterocycles. The van der Waals surface area contributed by atoms with Gasteiger partial charge in [-0.1, -0.05) is 0 Å². The van der Waals surface area contributed by atoms with E-state index in [1.54, 1.807) is 4.90 Å². The van der Waals surface area contributed by atoms with E-state index in [-0.39, 0.29) is 5.69 Å². The number of hydrogen-bond acceptors (Lipinski definition) is 3. The maximum absolute atomic E-state index is 12.8. The first kappa shape index (κ1) is 15.7. The molecule has 1 fully saturated rings. The first-order chi connectivity index (χ1) is 9.65. The second-order valence-corrected chi connectivity index (χ2v) is 4.50. The molecule has 0 spiro atoms. The van der Waals surface area contributed by atoms with Crippen molar-refractivity contribution in [1.29, 1.82) is 0 Å². The fraction of sp³-hybridized carbons (Fsp3) is 0.500. The van der Waals surface area contributed by atoms with Crippen LogP contribution in [0.1, 0.15) is 5.56 Å². The summed E-state index contributed by atoms with van der Waals surface area (Å²) in [4.78, 5) is 1.58. The second kappa shape index (κ2) is 5.63. The summed E-state index contributed by atoms with van der Waals surface area (Å²) in [7, 11) is 0. The molecule has 21 heavy (non-hydrogen) atoms. The Morgan fingerprint density at radius 2 is 1.57 bits per heavy atom. The molecule has 1 heterocycles. The predicted molar refractivity (Wildman–Crippen MR) is 63.2 cm³/mol. The van der Waals surface area contributed by atoms with Crippen molar-refractivity contribution in [2.75, 3.05) is 31.1 Å². The zero-order valence-corrected chi connectivity index (χ0v) is 10.7. The van der Waals surface area contributed by atoms with Crippen LogP contribution in [0.5, 0.6) is 5.75 Å². The van der Waals surface area contributed by atoms with Crippen molar-refractivity contribution < 1.29 is 31.1 Å². The molecule has 1 N–H and O–H groups in total. The summed E-state index contributed by atoms with van der Waals surface area (Å²) >= 11 is 0. The van der Waals surface area contributed by atoms with Crippen LogP contribution >= 0.6 is 0 Å². The van der Waals surface area contributed by atoms with E-state index in [2.05, 4.69) is 10.1 Å². The SMILES string of the molecule is FC(F)(F)Oc1cc(N2CCNCC2)cc(C(F)(F)F)c1. The first-order valence-electron chi connectivity index (χ1n) is 6.09. The minimum atomic E-state index is -5.04. The van der Waals surface area contributed by atoms with Crippen LogP contribution in [0.3, 0.4) is 0 Å². The van der Waals surface area contributed by atoms with Gasteiger partial charge < -0.3 is 15.0 Å². The lowest BCUT2D eigenvalue weighted by atomic mass is 10.1. The van der Waals surface area contributed by atoms with Gasteiger partial charge in [0.25, 0.3) is 0 Å². The number of anilines is 1. The Morgan fingerprint density at radius 1 is 0.952 bits per heavy atom. The van der Waals surface area contributed by atoms with Gasteiger partial charge in [-0.05, 0) is 12.1 Å². The molecule has 0 amide bonds. The summed E-state index contributed by atoms with van der Waals surface area (Å²) in [5, 5.41) is 3.01. The molecule has 2 rings (SSSR count). The van der Waals surface area contributed by atoms with Gasteiger partial charge in [0.1, 0.15) is 5.75 Å². The van der Waals surface area contributed by atoms with Crippen LogP contribution in [-0.4, -0.2) is 32.5 Å². The van der Waals surface area contributed by atoms with E-state index in [0.717, 1.165) is 12.1 Å². The Kier molecular flexibility index (Phi) is 4.22. The van der Waals surface area contributed by atoms with Crippen molar-refractivity contribution in [2.24, 2.45) is 0 Å². The minimum Gasteiger partial charge on any atom is -0.406 e. The molecule has 9 heteroatoms. The van der Waals surface area contributed by atoms with Crippen LogP contribution < -0.4 is 15.0 Å². The smallest absolute Gasteiger partial charge is 0.406 e. The minimum absolute atomic E-state index is 0.0607. The molecular formula is C12H12F6N2O. The van der Waals surface area contributed by atoms with Crippen molar-refractivity contribution in [2.45, 2.75) is 12.5 Å². The average molecular weight is 314 g/mol. The summed E-state index contributed by atoms with van der Waals surface area (Å²) in [5.74, 6) is -0.870. The van der Waals surface area contributed by atoms with Gasteiger partial charge in [0, 0.05) is 37.9 Å². The van der Waals surface area contributed by atoms with Crippen LogP contribution in [0.2, 0.25) is 0 Å². The molecule has 1 aliphatic rings. The average Bonchev–Trinajstić information content (AvgIpc) is 2.36. The Hall–Kier alpha value is -1.64. The van der Waals surface area contributed by atoms with Gasteiger partial charge in [-0.2, -0.15) is 13.2 Å². The van der Waals surface area contributed by atoms with Gasteiger partial charge in [-0.3, -0.25) is 0 Å².